The summed E-state index contributed by atoms with van der Waals surface area (Å²) >= 11 is 0. The van der Waals surface area contributed by atoms with Gasteiger partial charge in [-0.2, -0.15) is 0 Å². The number of anilines is 2. The Morgan fingerprint density at radius 1 is 1.21 bits per heavy atom. The summed E-state index contributed by atoms with van der Waals surface area (Å²) < 4.78 is 5.11. The monoisotopic (exact) mass is 387 g/mol. The molecule has 3 rings (SSSR count). The zero-order valence-electron chi connectivity index (χ0n) is 15.6. The Hall–Kier alpha value is -3.42. The number of amides is 1. The first kappa shape index (κ1) is 19.3. The molecule has 0 atom stereocenters. The van der Waals surface area contributed by atoms with Crippen molar-refractivity contribution in [1.29, 1.82) is 0 Å². The van der Waals surface area contributed by atoms with E-state index in [9.17, 15) is 9.59 Å². The molecule has 1 saturated heterocycles. The van der Waals surface area contributed by atoms with Crippen LogP contribution in [0.5, 0.6) is 0 Å². The number of rotatable bonds is 5. The van der Waals surface area contributed by atoms with E-state index in [4.69, 9.17) is 10.5 Å². The van der Waals surface area contributed by atoms with Gasteiger partial charge in [-0.1, -0.05) is 18.7 Å². The van der Waals surface area contributed by atoms with Gasteiger partial charge in [0.25, 0.3) is 0 Å². The smallest absolute Gasteiger partial charge is 0.410 e. The minimum Gasteiger partial charge on any atom is -0.445 e. The second-order valence-electron chi connectivity index (χ2n) is 6.34. The zero-order valence-corrected chi connectivity index (χ0v) is 15.6. The first-order valence-electron chi connectivity index (χ1n) is 9.10. The minimum atomic E-state index is -0.342. The number of nitrogens with zero attached hydrogens (tertiary/aromatic N) is 4. The van der Waals surface area contributed by atoms with E-state index in [1.165, 1.54) is 0 Å². The number of nitrogen functional groups attached to an aromatic ring is 1. The lowest BCUT2D eigenvalue weighted by molar-refractivity contribution is 0.103. The fraction of sp³-hybridized carbons (Fsp3) is 0.300. The molecule has 1 amide bonds. The standard InChI is InChI=1S/C20H23N5O3.3H2/c1-2-14-28-20(27)25-11-5-10-24(12-13-25)17-8-3-7-16(23-17)18(26)15-6-4-9-22-19(15)21;;;/h2-4,6-9H,1,5,10-14H2,(H2,21,22);3*1H. The van der Waals surface area contributed by atoms with Crippen LogP contribution >= 0.6 is 0 Å². The van der Waals surface area contributed by atoms with E-state index in [2.05, 4.69) is 21.4 Å². The lowest BCUT2D eigenvalue weighted by Gasteiger charge is -2.22. The minimum absolute atomic E-state index is 0. The molecular weight excluding hydrogens is 358 g/mol. The van der Waals surface area contributed by atoms with Crippen LogP contribution in [0.3, 0.4) is 0 Å². The van der Waals surface area contributed by atoms with Crippen molar-refractivity contribution in [1.82, 2.24) is 14.9 Å². The summed E-state index contributed by atoms with van der Waals surface area (Å²) in [5, 5.41) is 0. The SMILES string of the molecule is C=CCOC(=O)N1CCCN(c2cccc(C(=O)c3cccnc3N)n2)CC1.[HH].[HH].[HH]. The Labute approximate surface area is 168 Å². The molecule has 8 nitrogen and oxygen atoms in total. The highest BCUT2D eigenvalue weighted by Gasteiger charge is 2.22. The summed E-state index contributed by atoms with van der Waals surface area (Å²) in [5.74, 6) is 0.606. The molecule has 1 aliphatic heterocycles. The van der Waals surface area contributed by atoms with Gasteiger partial charge in [0, 0.05) is 36.7 Å². The molecule has 8 heteroatoms. The molecule has 0 saturated carbocycles. The van der Waals surface area contributed by atoms with Gasteiger partial charge in [-0.05, 0) is 30.7 Å². The number of carbonyl (C=O) groups excluding carboxylic acids is 2. The predicted octanol–water partition coefficient (Wildman–Crippen LogP) is 2.86. The van der Waals surface area contributed by atoms with Crippen LogP contribution < -0.4 is 10.6 Å². The van der Waals surface area contributed by atoms with Crippen LogP contribution in [0.25, 0.3) is 0 Å². The number of aromatic nitrogens is 2. The average Bonchev–Trinajstić information content (AvgIpc) is 2.98. The lowest BCUT2D eigenvalue weighted by Crippen LogP contribution is -2.35. The van der Waals surface area contributed by atoms with Crippen LogP contribution in [-0.2, 0) is 4.74 Å². The van der Waals surface area contributed by atoms with Gasteiger partial charge >= 0.3 is 6.09 Å². The summed E-state index contributed by atoms with van der Waals surface area (Å²) in [6.07, 6.45) is 3.52. The van der Waals surface area contributed by atoms with Crippen molar-refractivity contribution < 1.29 is 18.6 Å². The third-order valence-corrected chi connectivity index (χ3v) is 4.45. The van der Waals surface area contributed by atoms with Crippen LogP contribution in [0, 0.1) is 0 Å². The number of pyridine rings is 2. The summed E-state index contributed by atoms with van der Waals surface area (Å²) in [6.45, 7) is 6.20. The predicted molar refractivity (Wildman–Crippen MR) is 113 cm³/mol. The molecule has 0 spiro atoms. The van der Waals surface area contributed by atoms with E-state index in [1.807, 2.05) is 6.07 Å². The fourth-order valence-corrected chi connectivity index (χ4v) is 3.02. The van der Waals surface area contributed by atoms with Crippen molar-refractivity contribution in [3.05, 3.63) is 60.4 Å². The number of nitrogens with two attached hydrogens (primary N) is 1. The molecule has 2 N–H and O–H groups in total. The first-order chi connectivity index (χ1) is 13.6. The van der Waals surface area contributed by atoms with Gasteiger partial charge in [-0.3, -0.25) is 4.79 Å². The highest BCUT2D eigenvalue weighted by Crippen LogP contribution is 2.18. The molecular formula is C20H29N5O3. The van der Waals surface area contributed by atoms with Gasteiger partial charge < -0.3 is 20.3 Å². The van der Waals surface area contributed by atoms with E-state index in [-0.39, 0.29) is 28.6 Å². The van der Waals surface area contributed by atoms with E-state index >= 15 is 0 Å². The maximum absolute atomic E-state index is 12.7. The number of ether oxygens (including phenoxy) is 1. The summed E-state index contributed by atoms with van der Waals surface area (Å²) in [6, 6.07) is 8.62. The molecule has 0 aromatic carbocycles. The van der Waals surface area contributed by atoms with Crippen molar-refractivity contribution in [3.8, 4) is 0 Å². The third-order valence-electron chi connectivity index (χ3n) is 4.45. The van der Waals surface area contributed by atoms with Crippen molar-refractivity contribution in [2.75, 3.05) is 43.4 Å². The van der Waals surface area contributed by atoms with Gasteiger partial charge in [-0.25, -0.2) is 14.8 Å². The molecule has 3 heterocycles. The summed E-state index contributed by atoms with van der Waals surface area (Å²) in [5.41, 5.74) is 6.45. The molecule has 0 aliphatic carbocycles. The van der Waals surface area contributed by atoms with Crippen LogP contribution in [-0.4, -0.2) is 59.5 Å². The topological polar surface area (TPSA) is 102 Å². The lowest BCUT2D eigenvalue weighted by atomic mass is 10.1. The number of ketones is 1. The van der Waals surface area contributed by atoms with Crippen LogP contribution in [0.2, 0.25) is 0 Å². The molecule has 0 radical (unpaired) electrons. The van der Waals surface area contributed by atoms with Crippen LogP contribution in [0.4, 0.5) is 16.4 Å². The maximum atomic E-state index is 12.7. The number of carbonyl (C=O) groups is 2. The van der Waals surface area contributed by atoms with Crippen LogP contribution in [0.15, 0.2) is 49.2 Å². The highest BCUT2D eigenvalue weighted by molar-refractivity contribution is 6.10. The molecule has 2 aromatic heterocycles. The average molecular weight is 387 g/mol. The molecule has 1 aliphatic rings. The second kappa shape index (κ2) is 8.98. The van der Waals surface area contributed by atoms with Gasteiger partial charge in [0.05, 0.1) is 5.56 Å². The molecule has 152 valence electrons. The fourth-order valence-electron chi connectivity index (χ4n) is 3.02. The van der Waals surface area contributed by atoms with Gasteiger partial charge in [0.15, 0.2) is 0 Å². The van der Waals surface area contributed by atoms with Crippen molar-refractivity contribution in [2.24, 2.45) is 0 Å². The van der Waals surface area contributed by atoms with Gasteiger partial charge in [-0.15, -0.1) is 0 Å². The third kappa shape index (κ3) is 4.46. The number of hydrogen-bond acceptors (Lipinski definition) is 7. The normalized spacial score (nSPS) is 14.3. The summed E-state index contributed by atoms with van der Waals surface area (Å²) in [7, 11) is 0. The Morgan fingerprint density at radius 2 is 2.07 bits per heavy atom. The Morgan fingerprint density at radius 3 is 2.86 bits per heavy atom. The van der Waals surface area contributed by atoms with Crippen LogP contribution in [0.1, 0.15) is 26.8 Å². The maximum Gasteiger partial charge on any atom is 0.410 e. The van der Waals surface area contributed by atoms with E-state index in [0.717, 1.165) is 13.0 Å². The van der Waals surface area contributed by atoms with Gasteiger partial charge in [0.2, 0.25) is 5.78 Å². The van der Waals surface area contributed by atoms with Crippen molar-refractivity contribution in [2.45, 2.75) is 6.42 Å². The molecule has 0 bridgehead atoms. The van der Waals surface area contributed by atoms with E-state index in [1.54, 1.807) is 41.4 Å². The first-order valence-corrected chi connectivity index (χ1v) is 9.10. The quantitative estimate of drug-likeness (QED) is 0.622. The van der Waals surface area contributed by atoms with Crippen molar-refractivity contribution >= 4 is 23.5 Å². The molecule has 2 aromatic rings. The highest BCUT2D eigenvalue weighted by atomic mass is 16.6. The largest absolute Gasteiger partial charge is 0.445 e. The molecule has 1 fully saturated rings. The summed E-state index contributed by atoms with van der Waals surface area (Å²) in [4.78, 5) is 37.0. The Kier molecular flexibility index (Phi) is 6.21. The molecule has 0 unspecified atom stereocenters. The Bertz CT molecular complexity index is 885. The second-order valence-corrected chi connectivity index (χ2v) is 6.34. The Balaban J connectivity index is 0.00000300. The van der Waals surface area contributed by atoms with Gasteiger partial charge in [0.1, 0.15) is 23.9 Å². The van der Waals surface area contributed by atoms with Crippen molar-refractivity contribution in [3.63, 3.8) is 0 Å². The molecule has 28 heavy (non-hydrogen) atoms. The van der Waals surface area contributed by atoms with E-state index in [0.29, 0.717) is 36.7 Å². The zero-order chi connectivity index (χ0) is 19.9. The van der Waals surface area contributed by atoms with E-state index < -0.39 is 0 Å². The number of hydrogen-bond donors (Lipinski definition) is 1.